The van der Waals surface area contributed by atoms with Crippen LogP contribution in [0, 0.1) is 5.82 Å². The van der Waals surface area contributed by atoms with Gasteiger partial charge in [0.05, 0.1) is 19.3 Å². The Labute approximate surface area is 214 Å². The van der Waals surface area contributed by atoms with Gasteiger partial charge in [0.1, 0.15) is 22.8 Å². The molecule has 0 unspecified atom stereocenters. The number of halogens is 1. The van der Waals surface area contributed by atoms with E-state index >= 15 is 0 Å². The largest absolute Gasteiger partial charge is 0.497 e. The monoisotopic (exact) mass is 498 g/mol. The average molecular weight is 499 g/mol. The maximum Gasteiger partial charge on any atom is 0.273 e. The summed E-state index contributed by atoms with van der Waals surface area (Å²) in [6.07, 6.45) is 0. The zero-order chi connectivity index (χ0) is 26.0. The summed E-state index contributed by atoms with van der Waals surface area (Å²) in [5.74, 6) is -0.254. The lowest BCUT2D eigenvalue weighted by Crippen LogP contribution is -2.63. The number of fused-ring (bicyclic) bond motifs is 1. The molecule has 7 nitrogen and oxygen atoms in total. The molecule has 2 heterocycles. The molecule has 188 valence electrons. The van der Waals surface area contributed by atoms with Crippen molar-refractivity contribution >= 4 is 11.8 Å². The smallest absolute Gasteiger partial charge is 0.273 e. The quantitative estimate of drug-likeness (QED) is 0.409. The molecule has 0 saturated carbocycles. The van der Waals surface area contributed by atoms with Gasteiger partial charge < -0.3 is 15.0 Å². The second kappa shape index (κ2) is 9.89. The summed E-state index contributed by atoms with van der Waals surface area (Å²) in [7, 11) is 1.60. The second-order valence-corrected chi connectivity index (χ2v) is 9.26. The zero-order valence-corrected chi connectivity index (χ0v) is 20.6. The Morgan fingerprint density at radius 1 is 1.03 bits per heavy atom. The molecule has 2 amide bonds. The molecule has 0 saturated heterocycles. The number of methoxy groups -OCH3 is 1. The third kappa shape index (κ3) is 4.82. The van der Waals surface area contributed by atoms with Crippen LogP contribution in [0.25, 0.3) is 11.3 Å². The van der Waals surface area contributed by atoms with E-state index < -0.39 is 5.54 Å². The molecule has 0 fully saturated rings. The Morgan fingerprint density at radius 2 is 1.73 bits per heavy atom. The number of nitrogens with zero attached hydrogens (tertiary/aromatic N) is 3. The van der Waals surface area contributed by atoms with E-state index in [2.05, 4.69) is 10.4 Å². The molecule has 8 heteroatoms. The van der Waals surface area contributed by atoms with Crippen LogP contribution in [-0.4, -0.2) is 39.1 Å². The van der Waals surface area contributed by atoms with E-state index in [4.69, 9.17) is 4.74 Å². The number of nitrogens with one attached hydrogen (secondary N) is 1. The number of aromatic nitrogens is 2. The maximum atomic E-state index is 13.8. The van der Waals surface area contributed by atoms with Gasteiger partial charge in [-0.3, -0.25) is 14.3 Å². The normalized spacial score (nSPS) is 16.8. The first kappa shape index (κ1) is 24.2. The van der Waals surface area contributed by atoms with Gasteiger partial charge in [-0.15, -0.1) is 0 Å². The van der Waals surface area contributed by atoms with Gasteiger partial charge >= 0.3 is 0 Å². The fourth-order valence-corrected chi connectivity index (χ4v) is 4.53. The van der Waals surface area contributed by atoms with Gasteiger partial charge in [-0.05, 0) is 60.5 Å². The van der Waals surface area contributed by atoms with Crippen molar-refractivity contribution in [2.24, 2.45) is 0 Å². The molecule has 1 aromatic heterocycles. The van der Waals surface area contributed by atoms with Gasteiger partial charge in [0, 0.05) is 18.7 Å². The van der Waals surface area contributed by atoms with Crippen LogP contribution in [0.2, 0.25) is 0 Å². The van der Waals surface area contributed by atoms with Gasteiger partial charge in [0.15, 0.2) is 0 Å². The van der Waals surface area contributed by atoms with Gasteiger partial charge in [0.25, 0.3) is 5.91 Å². The Hall–Kier alpha value is -4.46. The molecular formula is C29H27FN4O3. The highest BCUT2D eigenvalue weighted by Crippen LogP contribution is 2.32. The highest BCUT2D eigenvalue weighted by molar-refractivity contribution is 6.00. The number of rotatable bonds is 7. The van der Waals surface area contributed by atoms with Crippen LogP contribution in [-0.2, 0) is 24.4 Å². The number of benzene rings is 3. The van der Waals surface area contributed by atoms with Gasteiger partial charge in [-0.1, -0.05) is 42.5 Å². The Balaban J connectivity index is 1.49. The van der Waals surface area contributed by atoms with Crippen LogP contribution < -0.4 is 10.1 Å². The minimum Gasteiger partial charge on any atom is -0.497 e. The van der Waals surface area contributed by atoms with Crippen LogP contribution in [0.5, 0.6) is 5.75 Å². The van der Waals surface area contributed by atoms with Crippen molar-refractivity contribution in [1.29, 1.82) is 0 Å². The van der Waals surface area contributed by atoms with Crippen LogP contribution in [0.4, 0.5) is 4.39 Å². The summed E-state index contributed by atoms with van der Waals surface area (Å²) >= 11 is 0. The Kier molecular flexibility index (Phi) is 6.48. The van der Waals surface area contributed by atoms with Crippen molar-refractivity contribution in [3.05, 3.63) is 108 Å². The number of hydrogen-bond donors (Lipinski definition) is 1. The number of carbonyl (C=O) groups is 2. The van der Waals surface area contributed by atoms with Crippen LogP contribution in [0.1, 0.15) is 28.5 Å². The number of carbonyl (C=O) groups excluding carboxylic acids is 2. The lowest BCUT2D eigenvalue weighted by atomic mass is 9.94. The van der Waals surface area contributed by atoms with Crippen LogP contribution in [0.3, 0.4) is 0 Å². The lowest BCUT2D eigenvalue weighted by molar-refractivity contribution is -0.133. The minimum absolute atomic E-state index is 0.150. The fourth-order valence-electron chi connectivity index (χ4n) is 4.53. The number of ether oxygens (including phenoxy) is 1. The lowest BCUT2D eigenvalue weighted by Gasteiger charge is -2.43. The van der Waals surface area contributed by atoms with Crippen molar-refractivity contribution in [2.45, 2.75) is 32.1 Å². The molecule has 0 radical (unpaired) electrons. The molecule has 1 N–H and O–H groups in total. The molecule has 37 heavy (non-hydrogen) atoms. The van der Waals surface area contributed by atoms with Gasteiger partial charge in [-0.2, -0.15) is 5.10 Å². The summed E-state index contributed by atoms with van der Waals surface area (Å²) in [6.45, 7) is 2.40. The standard InChI is InChI=1S/C29H27FN4O3/c1-29(28(36)31-17-20-6-4-3-5-7-20)19-34-26(16-25(32-34)22-10-14-24(37-2)15-11-22)27(35)33(29)18-21-8-12-23(30)13-9-21/h3-16H,17-19H2,1-2H3,(H,31,36)/t29-/m1/s1. The molecule has 1 aliphatic heterocycles. The van der Waals surface area contributed by atoms with Gasteiger partial charge in [-0.25, -0.2) is 4.39 Å². The van der Waals surface area contributed by atoms with Crippen molar-refractivity contribution in [3.8, 4) is 17.0 Å². The van der Waals surface area contributed by atoms with E-state index in [0.29, 0.717) is 17.9 Å². The summed E-state index contributed by atoms with van der Waals surface area (Å²) in [5.41, 5.74) is 2.29. The first-order chi connectivity index (χ1) is 17.9. The highest BCUT2D eigenvalue weighted by atomic mass is 19.1. The predicted molar refractivity (Wildman–Crippen MR) is 137 cm³/mol. The average Bonchev–Trinajstić information content (AvgIpc) is 3.35. The highest BCUT2D eigenvalue weighted by Gasteiger charge is 2.48. The second-order valence-electron chi connectivity index (χ2n) is 9.26. The maximum absolute atomic E-state index is 13.8. The molecule has 0 bridgehead atoms. The van der Waals surface area contributed by atoms with Crippen molar-refractivity contribution in [2.75, 3.05) is 7.11 Å². The SMILES string of the molecule is COc1ccc(-c2cc3n(n2)C[C@](C)(C(=O)NCc2ccccc2)N(Cc2ccc(F)cc2)C3=O)cc1. The Morgan fingerprint density at radius 3 is 2.41 bits per heavy atom. The van der Waals surface area contributed by atoms with E-state index in [1.54, 1.807) is 41.8 Å². The first-order valence-electron chi connectivity index (χ1n) is 12.0. The van der Waals surface area contributed by atoms with E-state index in [0.717, 1.165) is 22.4 Å². The van der Waals surface area contributed by atoms with Crippen molar-refractivity contribution in [1.82, 2.24) is 20.0 Å². The molecule has 5 rings (SSSR count). The topological polar surface area (TPSA) is 76.5 Å². The number of amides is 2. The van der Waals surface area contributed by atoms with Crippen LogP contribution in [0.15, 0.2) is 84.9 Å². The summed E-state index contributed by atoms with van der Waals surface area (Å²) in [4.78, 5) is 29.0. The summed E-state index contributed by atoms with van der Waals surface area (Å²) in [6, 6.07) is 24.7. The molecule has 0 spiro atoms. The summed E-state index contributed by atoms with van der Waals surface area (Å²) in [5, 5.41) is 7.66. The molecular weight excluding hydrogens is 471 g/mol. The molecule has 1 aliphatic rings. The molecule has 0 aliphatic carbocycles. The van der Waals surface area contributed by atoms with Crippen molar-refractivity contribution in [3.63, 3.8) is 0 Å². The molecule has 3 aromatic carbocycles. The predicted octanol–water partition coefficient (Wildman–Crippen LogP) is 4.43. The summed E-state index contributed by atoms with van der Waals surface area (Å²) < 4.78 is 20.4. The first-order valence-corrected chi connectivity index (χ1v) is 12.0. The zero-order valence-electron chi connectivity index (χ0n) is 20.6. The van der Waals surface area contributed by atoms with Crippen molar-refractivity contribution < 1.29 is 18.7 Å². The third-order valence-corrected chi connectivity index (χ3v) is 6.72. The Bertz CT molecular complexity index is 1420. The minimum atomic E-state index is -1.23. The van der Waals surface area contributed by atoms with Gasteiger partial charge in [0.2, 0.25) is 5.91 Å². The van der Waals surface area contributed by atoms with E-state index in [9.17, 15) is 14.0 Å². The fraction of sp³-hybridized carbons (Fsp3) is 0.207. The van der Waals surface area contributed by atoms with E-state index in [1.165, 1.54) is 12.1 Å². The number of hydrogen-bond acceptors (Lipinski definition) is 4. The molecule has 4 aromatic rings. The van der Waals surface area contributed by atoms with Crippen LogP contribution >= 0.6 is 0 Å². The third-order valence-electron chi connectivity index (χ3n) is 6.72. The van der Waals surface area contributed by atoms with E-state index in [1.807, 2.05) is 54.6 Å². The molecule has 1 atom stereocenters. The van der Waals surface area contributed by atoms with E-state index in [-0.39, 0.29) is 30.7 Å².